The summed E-state index contributed by atoms with van der Waals surface area (Å²) in [5, 5.41) is 0.683. The van der Waals surface area contributed by atoms with E-state index in [-0.39, 0.29) is 0 Å². The highest BCUT2D eigenvalue weighted by Crippen LogP contribution is 2.28. The molecule has 0 atom stereocenters. The van der Waals surface area contributed by atoms with Crippen LogP contribution in [0.1, 0.15) is 5.89 Å². The number of benzene rings is 2. The largest absolute Gasteiger partial charge is 0.497 e. The van der Waals surface area contributed by atoms with Gasteiger partial charge in [0, 0.05) is 15.5 Å². The predicted molar refractivity (Wildman–Crippen MR) is 89.5 cm³/mol. The van der Waals surface area contributed by atoms with E-state index in [0.29, 0.717) is 16.7 Å². The van der Waals surface area contributed by atoms with Crippen molar-refractivity contribution in [3.63, 3.8) is 0 Å². The smallest absolute Gasteiger partial charge is 0.205 e. The summed E-state index contributed by atoms with van der Waals surface area (Å²) in [4.78, 5) is 5.46. The van der Waals surface area contributed by atoms with Crippen molar-refractivity contribution in [2.45, 2.75) is 10.6 Å². The number of oxazole rings is 1. The van der Waals surface area contributed by atoms with Crippen molar-refractivity contribution in [3.05, 3.63) is 65.6 Å². The Balaban J connectivity index is 1.66. The third-order valence-electron chi connectivity index (χ3n) is 3.08. The Bertz CT molecular complexity index is 755. The van der Waals surface area contributed by atoms with E-state index >= 15 is 0 Å². The molecule has 112 valence electrons. The van der Waals surface area contributed by atoms with Crippen molar-refractivity contribution >= 4 is 23.4 Å². The second kappa shape index (κ2) is 6.90. The number of ether oxygens (including phenoxy) is 1. The van der Waals surface area contributed by atoms with Gasteiger partial charge < -0.3 is 9.15 Å². The summed E-state index contributed by atoms with van der Waals surface area (Å²) in [6.45, 7) is 0. The average molecular weight is 332 g/mol. The van der Waals surface area contributed by atoms with Crippen LogP contribution in [-0.2, 0) is 5.75 Å². The molecule has 22 heavy (non-hydrogen) atoms. The number of nitrogens with zero attached hydrogens (tertiary/aromatic N) is 1. The van der Waals surface area contributed by atoms with Crippen molar-refractivity contribution in [2.24, 2.45) is 0 Å². The zero-order valence-corrected chi connectivity index (χ0v) is 13.5. The fraction of sp³-hybridized carbons (Fsp3) is 0.118. The van der Waals surface area contributed by atoms with Crippen molar-refractivity contribution in [1.29, 1.82) is 0 Å². The second-order valence-corrected chi connectivity index (χ2v) is 6.08. The van der Waals surface area contributed by atoms with Gasteiger partial charge in [-0.25, -0.2) is 4.98 Å². The van der Waals surface area contributed by atoms with Crippen molar-refractivity contribution < 1.29 is 9.15 Å². The van der Waals surface area contributed by atoms with Crippen LogP contribution in [0.4, 0.5) is 0 Å². The lowest BCUT2D eigenvalue weighted by atomic mass is 10.2. The van der Waals surface area contributed by atoms with Gasteiger partial charge in [0.1, 0.15) is 5.75 Å². The molecule has 3 nitrogen and oxygen atoms in total. The van der Waals surface area contributed by atoms with E-state index in [0.717, 1.165) is 22.0 Å². The number of hydrogen-bond acceptors (Lipinski definition) is 4. The lowest BCUT2D eigenvalue weighted by Gasteiger charge is -2.01. The first kappa shape index (κ1) is 15.0. The van der Waals surface area contributed by atoms with Gasteiger partial charge >= 0.3 is 0 Å². The van der Waals surface area contributed by atoms with Crippen LogP contribution in [0.2, 0.25) is 5.02 Å². The summed E-state index contributed by atoms with van der Waals surface area (Å²) in [5.41, 5.74) is 0.931. The lowest BCUT2D eigenvalue weighted by Crippen LogP contribution is -1.82. The van der Waals surface area contributed by atoms with Crippen LogP contribution >= 0.6 is 23.4 Å². The molecule has 2 aromatic carbocycles. The quantitative estimate of drug-likeness (QED) is 0.594. The second-order valence-electron chi connectivity index (χ2n) is 4.59. The van der Waals surface area contributed by atoms with Crippen LogP contribution < -0.4 is 4.74 Å². The van der Waals surface area contributed by atoms with Gasteiger partial charge in [0.05, 0.1) is 19.1 Å². The first-order valence-electron chi connectivity index (χ1n) is 6.72. The van der Waals surface area contributed by atoms with Crippen molar-refractivity contribution in [2.75, 3.05) is 7.11 Å². The molecule has 0 unspecified atom stereocenters. The van der Waals surface area contributed by atoms with E-state index < -0.39 is 0 Å². The molecule has 3 aromatic rings. The van der Waals surface area contributed by atoms with Crippen molar-refractivity contribution in [3.8, 4) is 17.1 Å². The monoisotopic (exact) mass is 331 g/mol. The molecule has 0 aliphatic rings. The summed E-state index contributed by atoms with van der Waals surface area (Å²) in [6.07, 6.45) is 1.73. The Morgan fingerprint density at radius 3 is 2.73 bits per heavy atom. The predicted octanol–water partition coefficient (Wildman–Crippen LogP) is 5.30. The van der Waals surface area contributed by atoms with Gasteiger partial charge in [0.15, 0.2) is 5.76 Å². The topological polar surface area (TPSA) is 35.3 Å². The molecule has 0 aliphatic carbocycles. The molecule has 0 radical (unpaired) electrons. The van der Waals surface area contributed by atoms with E-state index in [2.05, 4.69) is 4.98 Å². The molecule has 0 saturated heterocycles. The van der Waals surface area contributed by atoms with Crippen LogP contribution in [0.5, 0.6) is 5.75 Å². The van der Waals surface area contributed by atoms with E-state index in [1.165, 1.54) is 0 Å². The maximum atomic E-state index is 5.99. The normalized spacial score (nSPS) is 10.6. The minimum atomic E-state index is 0.674. The SMILES string of the molecule is COc1ccc(SCc2ncc(-c3cccc(Cl)c3)o2)cc1. The molecule has 0 bridgehead atoms. The molecule has 5 heteroatoms. The van der Waals surface area contributed by atoms with Crippen LogP contribution in [0, 0.1) is 0 Å². The number of rotatable bonds is 5. The minimum absolute atomic E-state index is 0.674. The Kier molecular flexibility index (Phi) is 4.71. The van der Waals surface area contributed by atoms with E-state index in [1.54, 1.807) is 25.1 Å². The molecular formula is C17H14ClNO2S. The number of hydrogen-bond donors (Lipinski definition) is 0. The van der Waals surface area contributed by atoms with Crippen LogP contribution in [0.3, 0.4) is 0 Å². The minimum Gasteiger partial charge on any atom is -0.497 e. The molecular weight excluding hydrogens is 318 g/mol. The fourth-order valence-corrected chi connectivity index (χ4v) is 2.91. The van der Waals surface area contributed by atoms with Gasteiger partial charge in [-0.15, -0.1) is 11.8 Å². The van der Waals surface area contributed by atoms with Crippen LogP contribution in [0.25, 0.3) is 11.3 Å². The van der Waals surface area contributed by atoms with E-state index in [9.17, 15) is 0 Å². The Hall–Kier alpha value is -1.91. The third kappa shape index (κ3) is 3.64. The molecule has 0 aliphatic heterocycles. The lowest BCUT2D eigenvalue weighted by molar-refractivity contribution is 0.414. The van der Waals surface area contributed by atoms with Gasteiger partial charge in [-0.05, 0) is 36.4 Å². The molecule has 0 saturated carbocycles. The van der Waals surface area contributed by atoms with Crippen LogP contribution in [0.15, 0.2) is 64.0 Å². The maximum absolute atomic E-state index is 5.99. The fourth-order valence-electron chi connectivity index (χ4n) is 1.97. The van der Waals surface area contributed by atoms with Gasteiger partial charge in [-0.1, -0.05) is 23.7 Å². The number of methoxy groups -OCH3 is 1. The highest BCUT2D eigenvalue weighted by atomic mass is 35.5. The number of thioether (sulfide) groups is 1. The van der Waals surface area contributed by atoms with Gasteiger partial charge in [0.25, 0.3) is 0 Å². The number of aromatic nitrogens is 1. The van der Waals surface area contributed by atoms with Gasteiger partial charge in [-0.3, -0.25) is 0 Å². The molecule has 1 aromatic heterocycles. The molecule has 0 amide bonds. The van der Waals surface area contributed by atoms with E-state index in [4.69, 9.17) is 20.8 Å². The van der Waals surface area contributed by atoms with Crippen LogP contribution in [-0.4, -0.2) is 12.1 Å². The summed E-state index contributed by atoms with van der Waals surface area (Å²) in [5.74, 6) is 2.94. The molecule has 0 spiro atoms. The third-order valence-corrected chi connectivity index (χ3v) is 4.32. The zero-order valence-electron chi connectivity index (χ0n) is 12.0. The Morgan fingerprint density at radius 1 is 1.18 bits per heavy atom. The summed E-state index contributed by atoms with van der Waals surface area (Å²) in [6, 6.07) is 15.5. The first-order chi connectivity index (χ1) is 10.7. The Labute approximate surface area is 138 Å². The molecule has 0 fully saturated rings. The summed E-state index contributed by atoms with van der Waals surface area (Å²) < 4.78 is 10.9. The Morgan fingerprint density at radius 2 is 2.00 bits per heavy atom. The molecule has 0 N–H and O–H groups in total. The highest BCUT2D eigenvalue weighted by molar-refractivity contribution is 7.98. The van der Waals surface area contributed by atoms with Gasteiger partial charge in [0.2, 0.25) is 5.89 Å². The average Bonchev–Trinajstić information content (AvgIpc) is 3.02. The highest BCUT2D eigenvalue weighted by Gasteiger charge is 2.07. The molecule has 3 rings (SSSR count). The summed E-state index contributed by atoms with van der Waals surface area (Å²) in [7, 11) is 1.66. The van der Waals surface area contributed by atoms with E-state index in [1.807, 2.05) is 48.5 Å². The number of halogens is 1. The zero-order chi connectivity index (χ0) is 15.4. The summed E-state index contributed by atoms with van der Waals surface area (Å²) >= 11 is 7.66. The maximum Gasteiger partial charge on any atom is 0.205 e. The van der Waals surface area contributed by atoms with Gasteiger partial charge in [-0.2, -0.15) is 0 Å². The standard InChI is InChI=1S/C17H14ClNO2S/c1-20-14-5-7-15(8-6-14)22-11-17-19-10-16(21-17)12-3-2-4-13(18)9-12/h2-10H,11H2,1H3. The van der Waals surface area contributed by atoms with Crippen molar-refractivity contribution in [1.82, 2.24) is 4.98 Å². The first-order valence-corrected chi connectivity index (χ1v) is 8.08. The molecule has 1 heterocycles.